The molecule has 0 aliphatic heterocycles. The Balaban J connectivity index is 0.00000364. The Morgan fingerprint density at radius 1 is 1.15 bits per heavy atom. The van der Waals surface area contributed by atoms with Crippen LogP contribution in [0, 0.1) is 0 Å². The lowest BCUT2D eigenvalue weighted by atomic mass is 10.2. The minimum Gasteiger partial charge on any atom is -0.468 e. The van der Waals surface area contributed by atoms with Gasteiger partial charge in [0.2, 0.25) is 5.88 Å². The Kier molecular flexibility index (Phi) is 9.64. The van der Waals surface area contributed by atoms with Gasteiger partial charge in [-0.15, -0.1) is 24.0 Å². The first-order valence-electron chi connectivity index (χ1n) is 7.69. The molecule has 0 bridgehead atoms. The van der Waals surface area contributed by atoms with Gasteiger partial charge in [-0.3, -0.25) is 4.99 Å². The van der Waals surface area contributed by atoms with Gasteiger partial charge in [-0.05, 0) is 23.3 Å². The van der Waals surface area contributed by atoms with Crippen molar-refractivity contribution < 1.29 is 17.9 Å². The summed E-state index contributed by atoms with van der Waals surface area (Å²) in [5.74, 6) is 0.497. The lowest BCUT2D eigenvalue weighted by Crippen LogP contribution is -2.36. The van der Waals surface area contributed by atoms with E-state index in [0.717, 1.165) is 11.1 Å². The molecule has 10 heteroatoms. The van der Waals surface area contributed by atoms with Crippen molar-refractivity contribution in [3.05, 3.63) is 58.7 Å². The lowest BCUT2D eigenvalue weighted by molar-refractivity contribution is -0.154. The average Bonchev–Trinajstić information content (AvgIpc) is 2.60. The summed E-state index contributed by atoms with van der Waals surface area (Å²) in [6, 6.07) is 10.5. The van der Waals surface area contributed by atoms with Crippen molar-refractivity contribution >= 4 is 41.5 Å². The highest BCUT2D eigenvalue weighted by Crippen LogP contribution is 2.17. The molecule has 2 aromatic rings. The molecule has 2 rings (SSSR count). The van der Waals surface area contributed by atoms with Crippen molar-refractivity contribution in [2.75, 3.05) is 13.7 Å². The van der Waals surface area contributed by atoms with Crippen LogP contribution in [0.15, 0.2) is 47.6 Å². The Labute approximate surface area is 177 Å². The fourth-order valence-corrected chi connectivity index (χ4v) is 2.21. The van der Waals surface area contributed by atoms with Gasteiger partial charge in [0.15, 0.2) is 12.6 Å². The predicted octanol–water partition coefficient (Wildman–Crippen LogP) is 4.16. The normalized spacial score (nSPS) is 11.5. The zero-order valence-electron chi connectivity index (χ0n) is 14.4. The topological polar surface area (TPSA) is 58.5 Å². The summed E-state index contributed by atoms with van der Waals surface area (Å²) < 4.78 is 40.9. The first-order valence-corrected chi connectivity index (χ1v) is 8.07. The highest BCUT2D eigenvalue weighted by Gasteiger charge is 2.28. The second-order valence-corrected chi connectivity index (χ2v) is 5.75. The van der Waals surface area contributed by atoms with E-state index in [4.69, 9.17) is 11.6 Å². The number of pyridine rings is 1. The van der Waals surface area contributed by atoms with Gasteiger partial charge >= 0.3 is 6.18 Å². The second-order valence-electron chi connectivity index (χ2n) is 5.32. The van der Waals surface area contributed by atoms with Crippen LogP contribution in [0.25, 0.3) is 0 Å². The molecule has 1 aromatic carbocycles. The number of benzene rings is 1. The van der Waals surface area contributed by atoms with Gasteiger partial charge < -0.3 is 15.4 Å². The van der Waals surface area contributed by atoms with Crippen LogP contribution in [0.5, 0.6) is 5.88 Å². The van der Waals surface area contributed by atoms with Crippen LogP contribution in [0.2, 0.25) is 5.02 Å². The van der Waals surface area contributed by atoms with Gasteiger partial charge in [0.1, 0.15) is 0 Å². The predicted molar refractivity (Wildman–Crippen MR) is 110 cm³/mol. The number of ether oxygens (including phenoxy) is 1. The summed E-state index contributed by atoms with van der Waals surface area (Å²) in [5, 5.41) is 6.89. The Bertz CT molecular complexity index is 742. The summed E-state index contributed by atoms with van der Waals surface area (Å²) in [7, 11) is 1.64. The van der Waals surface area contributed by atoms with Gasteiger partial charge in [-0.25, -0.2) is 4.98 Å². The van der Waals surface area contributed by atoms with Gasteiger partial charge in [0.05, 0.1) is 0 Å². The van der Waals surface area contributed by atoms with Gasteiger partial charge in [0, 0.05) is 37.4 Å². The van der Waals surface area contributed by atoms with Crippen LogP contribution in [-0.2, 0) is 13.1 Å². The van der Waals surface area contributed by atoms with Crippen LogP contribution < -0.4 is 15.4 Å². The minimum absolute atomic E-state index is 0. The molecule has 27 heavy (non-hydrogen) atoms. The van der Waals surface area contributed by atoms with Crippen LogP contribution in [0.1, 0.15) is 11.1 Å². The molecule has 0 unspecified atom stereocenters. The molecule has 5 nitrogen and oxygen atoms in total. The van der Waals surface area contributed by atoms with E-state index in [9.17, 15) is 13.2 Å². The van der Waals surface area contributed by atoms with Crippen molar-refractivity contribution in [1.82, 2.24) is 15.6 Å². The molecule has 0 saturated heterocycles. The fraction of sp³-hybridized carbons (Fsp3) is 0.294. The first-order chi connectivity index (χ1) is 12.4. The summed E-state index contributed by atoms with van der Waals surface area (Å²) in [5.41, 5.74) is 1.78. The van der Waals surface area contributed by atoms with Gasteiger partial charge in [0.25, 0.3) is 0 Å². The number of halogens is 5. The lowest BCUT2D eigenvalue weighted by Gasteiger charge is -2.12. The fourth-order valence-electron chi connectivity index (χ4n) is 2.00. The molecule has 0 aliphatic rings. The maximum Gasteiger partial charge on any atom is 0.422 e. The number of alkyl halides is 3. The van der Waals surface area contributed by atoms with Crippen LogP contribution in [0.3, 0.4) is 0 Å². The number of guanidine groups is 1. The third-order valence-corrected chi connectivity index (χ3v) is 3.45. The molecule has 0 amide bonds. The molecule has 148 valence electrons. The van der Waals surface area contributed by atoms with Crippen molar-refractivity contribution in [3.8, 4) is 5.88 Å². The van der Waals surface area contributed by atoms with E-state index in [2.05, 4.69) is 25.3 Å². The number of aliphatic imine (C=N–C) groups is 1. The van der Waals surface area contributed by atoms with E-state index in [0.29, 0.717) is 24.1 Å². The molecule has 2 N–H and O–H groups in total. The molecule has 0 spiro atoms. The highest BCUT2D eigenvalue weighted by molar-refractivity contribution is 14.0. The Morgan fingerprint density at radius 2 is 1.85 bits per heavy atom. The molecule has 0 fully saturated rings. The van der Waals surface area contributed by atoms with E-state index in [1.807, 2.05) is 18.2 Å². The van der Waals surface area contributed by atoms with Crippen LogP contribution >= 0.6 is 35.6 Å². The Hall–Kier alpha value is -1.75. The second kappa shape index (κ2) is 11.2. The number of rotatable bonds is 6. The zero-order valence-corrected chi connectivity index (χ0v) is 17.5. The highest BCUT2D eigenvalue weighted by atomic mass is 127. The molecule has 0 radical (unpaired) electrons. The van der Waals surface area contributed by atoms with Crippen molar-refractivity contribution in [2.24, 2.45) is 4.99 Å². The number of hydrogen-bond donors (Lipinski definition) is 2. The average molecular weight is 515 g/mol. The number of hydrogen-bond acceptors (Lipinski definition) is 3. The van der Waals surface area contributed by atoms with Crippen LogP contribution in [-0.4, -0.2) is 30.8 Å². The van der Waals surface area contributed by atoms with E-state index in [1.165, 1.54) is 12.3 Å². The first kappa shape index (κ1) is 23.3. The largest absolute Gasteiger partial charge is 0.468 e. The number of aromatic nitrogens is 1. The van der Waals surface area contributed by atoms with Crippen LogP contribution in [0.4, 0.5) is 13.2 Å². The van der Waals surface area contributed by atoms with E-state index in [-0.39, 0.29) is 29.9 Å². The molecule has 1 heterocycles. The molecule has 0 atom stereocenters. The Morgan fingerprint density at radius 3 is 2.41 bits per heavy atom. The molecular weight excluding hydrogens is 496 g/mol. The van der Waals surface area contributed by atoms with E-state index >= 15 is 0 Å². The van der Waals surface area contributed by atoms with E-state index in [1.54, 1.807) is 19.2 Å². The summed E-state index contributed by atoms with van der Waals surface area (Å²) in [6.45, 7) is -0.415. The van der Waals surface area contributed by atoms with Crippen molar-refractivity contribution in [1.29, 1.82) is 0 Å². The van der Waals surface area contributed by atoms with E-state index < -0.39 is 12.8 Å². The minimum atomic E-state index is -4.39. The maximum atomic E-state index is 12.1. The third-order valence-electron chi connectivity index (χ3n) is 3.21. The van der Waals surface area contributed by atoms with Crippen molar-refractivity contribution in [3.63, 3.8) is 0 Å². The smallest absolute Gasteiger partial charge is 0.422 e. The SMILES string of the molecule is CN=C(NCc1ccc(OCC(F)(F)F)nc1)NCc1cccc(Cl)c1.I. The third kappa shape index (κ3) is 9.14. The summed E-state index contributed by atoms with van der Waals surface area (Å²) in [6.07, 6.45) is -2.94. The molecule has 0 saturated carbocycles. The maximum absolute atomic E-state index is 12.1. The van der Waals surface area contributed by atoms with Gasteiger partial charge in [-0.2, -0.15) is 13.2 Å². The molecule has 0 aliphatic carbocycles. The van der Waals surface area contributed by atoms with Crippen molar-refractivity contribution in [2.45, 2.75) is 19.3 Å². The summed E-state index contributed by atoms with van der Waals surface area (Å²) in [4.78, 5) is 7.96. The number of nitrogens with one attached hydrogen (secondary N) is 2. The molecular formula is C17H19ClF3IN4O. The molecule has 1 aromatic heterocycles. The quantitative estimate of drug-likeness (QED) is 0.345. The monoisotopic (exact) mass is 514 g/mol. The summed E-state index contributed by atoms with van der Waals surface area (Å²) >= 11 is 5.94. The van der Waals surface area contributed by atoms with Gasteiger partial charge in [-0.1, -0.05) is 29.8 Å². The zero-order chi connectivity index (χ0) is 19.0. The number of nitrogens with zero attached hydrogens (tertiary/aromatic N) is 2. The standard InChI is InChI=1S/C17H18ClF3N4O.HI/c1-22-16(24-8-12-3-2-4-14(18)7-12)25-10-13-5-6-15(23-9-13)26-11-17(19,20)21;/h2-7,9H,8,10-11H2,1H3,(H2,22,24,25);1H.